The molecule has 1 heterocycles. The van der Waals surface area contributed by atoms with Crippen molar-refractivity contribution >= 4 is 0 Å². The third kappa shape index (κ3) is 2.68. The van der Waals surface area contributed by atoms with Crippen LogP contribution < -0.4 is 5.32 Å². The second-order valence-corrected chi connectivity index (χ2v) is 5.02. The lowest BCUT2D eigenvalue weighted by atomic mass is 9.70. The lowest BCUT2D eigenvalue weighted by Crippen LogP contribution is -2.37. The van der Waals surface area contributed by atoms with Crippen LogP contribution in [0.5, 0.6) is 0 Å². The van der Waals surface area contributed by atoms with Gasteiger partial charge in [0.25, 0.3) is 0 Å². The number of aliphatic hydroxyl groups is 1. The fourth-order valence-electron chi connectivity index (χ4n) is 2.13. The van der Waals surface area contributed by atoms with Gasteiger partial charge in [-0.15, -0.1) is 0 Å². The molecule has 1 aliphatic heterocycles. The Morgan fingerprint density at radius 3 is 2.38 bits per heavy atom. The standard InChI is InChI=1S/C11H23NO/c1-9(11(2,3)8-13)10-4-6-12-7-5-10/h9-10,12-13H,4-8H2,1-3H3. The van der Waals surface area contributed by atoms with E-state index < -0.39 is 0 Å². The monoisotopic (exact) mass is 185 g/mol. The average Bonchev–Trinajstić information content (AvgIpc) is 2.18. The summed E-state index contributed by atoms with van der Waals surface area (Å²) in [6.45, 7) is 9.22. The Morgan fingerprint density at radius 2 is 1.92 bits per heavy atom. The molecule has 0 aromatic rings. The lowest BCUT2D eigenvalue weighted by Gasteiger charge is -2.38. The Kier molecular flexibility index (Phi) is 3.74. The maximum Gasteiger partial charge on any atom is 0.0484 e. The Labute approximate surface area is 81.7 Å². The number of hydrogen-bond acceptors (Lipinski definition) is 2. The van der Waals surface area contributed by atoms with Crippen LogP contribution in [0.3, 0.4) is 0 Å². The van der Waals surface area contributed by atoms with E-state index in [1.165, 1.54) is 12.8 Å². The van der Waals surface area contributed by atoms with Crippen molar-refractivity contribution in [3.8, 4) is 0 Å². The van der Waals surface area contributed by atoms with Gasteiger partial charge in [-0.25, -0.2) is 0 Å². The minimum atomic E-state index is 0.0853. The summed E-state index contributed by atoms with van der Waals surface area (Å²) in [6.07, 6.45) is 2.54. The summed E-state index contributed by atoms with van der Waals surface area (Å²) in [7, 11) is 0. The van der Waals surface area contributed by atoms with Gasteiger partial charge in [0.15, 0.2) is 0 Å². The molecule has 2 N–H and O–H groups in total. The zero-order valence-electron chi connectivity index (χ0n) is 9.14. The molecule has 0 aromatic carbocycles. The molecule has 0 spiro atoms. The third-order valence-electron chi connectivity index (χ3n) is 3.73. The maximum atomic E-state index is 9.28. The van der Waals surface area contributed by atoms with E-state index in [4.69, 9.17) is 0 Å². The largest absolute Gasteiger partial charge is 0.396 e. The topological polar surface area (TPSA) is 32.3 Å². The van der Waals surface area contributed by atoms with Crippen LogP contribution in [0, 0.1) is 17.3 Å². The van der Waals surface area contributed by atoms with E-state index >= 15 is 0 Å². The third-order valence-corrected chi connectivity index (χ3v) is 3.73. The van der Waals surface area contributed by atoms with E-state index in [9.17, 15) is 5.11 Å². The Morgan fingerprint density at radius 1 is 1.38 bits per heavy atom. The van der Waals surface area contributed by atoms with Crippen molar-refractivity contribution in [3.63, 3.8) is 0 Å². The molecule has 1 unspecified atom stereocenters. The van der Waals surface area contributed by atoms with Crippen LogP contribution in [0.15, 0.2) is 0 Å². The summed E-state index contributed by atoms with van der Waals surface area (Å²) in [4.78, 5) is 0. The van der Waals surface area contributed by atoms with E-state index in [-0.39, 0.29) is 5.41 Å². The van der Waals surface area contributed by atoms with Gasteiger partial charge in [0, 0.05) is 6.61 Å². The molecule has 2 heteroatoms. The van der Waals surface area contributed by atoms with Gasteiger partial charge in [-0.1, -0.05) is 20.8 Å². The first-order chi connectivity index (χ1) is 6.08. The summed E-state index contributed by atoms with van der Waals surface area (Å²) in [6, 6.07) is 0. The maximum absolute atomic E-state index is 9.28. The fourth-order valence-corrected chi connectivity index (χ4v) is 2.13. The highest BCUT2D eigenvalue weighted by atomic mass is 16.3. The van der Waals surface area contributed by atoms with Gasteiger partial charge in [-0.05, 0) is 43.2 Å². The number of rotatable bonds is 3. The van der Waals surface area contributed by atoms with Crippen LogP contribution in [0.1, 0.15) is 33.6 Å². The van der Waals surface area contributed by atoms with Gasteiger partial charge in [0.1, 0.15) is 0 Å². The van der Waals surface area contributed by atoms with Gasteiger partial charge in [-0.2, -0.15) is 0 Å². The quantitative estimate of drug-likeness (QED) is 0.700. The number of piperidine rings is 1. The first kappa shape index (κ1) is 11.0. The van der Waals surface area contributed by atoms with Crippen LogP contribution in [0.2, 0.25) is 0 Å². The minimum absolute atomic E-state index is 0.0853. The predicted molar refractivity (Wildman–Crippen MR) is 55.6 cm³/mol. The first-order valence-electron chi connectivity index (χ1n) is 5.39. The molecule has 1 fully saturated rings. The van der Waals surface area contributed by atoms with Crippen molar-refractivity contribution in [2.24, 2.45) is 17.3 Å². The van der Waals surface area contributed by atoms with Crippen LogP contribution >= 0.6 is 0 Å². The van der Waals surface area contributed by atoms with Crippen molar-refractivity contribution in [2.75, 3.05) is 19.7 Å². The fraction of sp³-hybridized carbons (Fsp3) is 1.00. The highest BCUT2D eigenvalue weighted by molar-refractivity contribution is 4.82. The molecule has 0 saturated carbocycles. The molecule has 0 aromatic heterocycles. The zero-order valence-corrected chi connectivity index (χ0v) is 9.14. The van der Waals surface area contributed by atoms with E-state index in [0.29, 0.717) is 12.5 Å². The van der Waals surface area contributed by atoms with Crippen molar-refractivity contribution in [2.45, 2.75) is 33.6 Å². The second kappa shape index (κ2) is 4.43. The van der Waals surface area contributed by atoms with Crippen LogP contribution in [-0.4, -0.2) is 24.8 Å². The van der Waals surface area contributed by atoms with E-state index in [1.54, 1.807) is 0 Å². The molecule has 0 bridgehead atoms. The van der Waals surface area contributed by atoms with Gasteiger partial charge in [0.2, 0.25) is 0 Å². The molecule has 0 amide bonds. The number of aliphatic hydroxyl groups excluding tert-OH is 1. The van der Waals surface area contributed by atoms with Crippen molar-refractivity contribution in [1.82, 2.24) is 5.32 Å². The molecule has 0 aliphatic carbocycles. The molecule has 78 valence electrons. The van der Waals surface area contributed by atoms with E-state index in [0.717, 1.165) is 19.0 Å². The number of nitrogens with one attached hydrogen (secondary N) is 1. The van der Waals surface area contributed by atoms with Gasteiger partial charge >= 0.3 is 0 Å². The summed E-state index contributed by atoms with van der Waals surface area (Å²) < 4.78 is 0. The first-order valence-corrected chi connectivity index (χ1v) is 5.39. The molecule has 1 saturated heterocycles. The van der Waals surface area contributed by atoms with Gasteiger partial charge in [0.05, 0.1) is 0 Å². The minimum Gasteiger partial charge on any atom is -0.396 e. The molecular formula is C11H23NO. The molecule has 1 aliphatic rings. The molecule has 0 radical (unpaired) electrons. The highest BCUT2D eigenvalue weighted by Crippen LogP contribution is 2.35. The lowest BCUT2D eigenvalue weighted by molar-refractivity contribution is 0.0602. The molecule has 1 atom stereocenters. The summed E-state index contributed by atoms with van der Waals surface area (Å²) in [5.74, 6) is 1.42. The molecule has 2 nitrogen and oxygen atoms in total. The SMILES string of the molecule is CC(C1CCNCC1)C(C)(C)CO. The van der Waals surface area contributed by atoms with Crippen molar-refractivity contribution in [1.29, 1.82) is 0 Å². The Hall–Kier alpha value is -0.0800. The van der Waals surface area contributed by atoms with Crippen LogP contribution in [0.25, 0.3) is 0 Å². The smallest absolute Gasteiger partial charge is 0.0484 e. The summed E-state index contributed by atoms with van der Waals surface area (Å²) in [5, 5.41) is 12.7. The van der Waals surface area contributed by atoms with Gasteiger partial charge < -0.3 is 10.4 Å². The molecule has 13 heavy (non-hydrogen) atoms. The van der Waals surface area contributed by atoms with E-state index in [1.807, 2.05) is 0 Å². The van der Waals surface area contributed by atoms with E-state index in [2.05, 4.69) is 26.1 Å². The second-order valence-electron chi connectivity index (χ2n) is 5.02. The summed E-state index contributed by atoms with van der Waals surface area (Å²) in [5.41, 5.74) is 0.0853. The van der Waals surface area contributed by atoms with Gasteiger partial charge in [-0.3, -0.25) is 0 Å². The Bertz CT molecular complexity index is 150. The van der Waals surface area contributed by atoms with Crippen LogP contribution in [0.4, 0.5) is 0 Å². The normalized spacial score (nSPS) is 23.1. The molecular weight excluding hydrogens is 162 g/mol. The zero-order chi connectivity index (χ0) is 9.90. The average molecular weight is 185 g/mol. The van der Waals surface area contributed by atoms with Crippen molar-refractivity contribution in [3.05, 3.63) is 0 Å². The van der Waals surface area contributed by atoms with Crippen molar-refractivity contribution < 1.29 is 5.11 Å². The summed E-state index contributed by atoms with van der Waals surface area (Å²) >= 11 is 0. The molecule has 1 rings (SSSR count). The Balaban J connectivity index is 2.49. The predicted octanol–water partition coefficient (Wildman–Crippen LogP) is 1.64. The highest BCUT2D eigenvalue weighted by Gasteiger charge is 2.31. The van der Waals surface area contributed by atoms with Crippen LogP contribution in [-0.2, 0) is 0 Å². The number of hydrogen-bond donors (Lipinski definition) is 2.